The minimum Gasteiger partial charge on any atom is -0.497 e. The van der Waals surface area contributed by atoms with E-state index in [9.17, 15) is 10.6 Å². The first-order valence-electron chi connectivity index (χ1n) is 21.7. The fraction of sp³-hybridized carbons (Fsp3) is 0.373. The molecule has 14 heteroatoms. The van der Waals surface area contributed by atoms with Gasteiger partial charge in [0.1, 0.15) is 54.5 Å². The van der Waals surface area contributed by atoms with Crippen LogP contribution in [0.2, 0.25) is 0 Å². The van der Waals surface area contributed by atoms with Gasteiger partial charge in [-0.2, -0.15) is 0 Å². The van der Waals surface area contributed by atoms with E-state index in [2.05, 4.69) is 16.6 Å². The van der Waals surface area contributed by atoms with Crippen molar-refractivity contribution in [3.8, 4) is 5.75 Å². The van der Waals surface area contributed by atoms with Crippen molar-refractivity contribution in [1.82, 2.24) is 0 Å². The molecule has 0 saturated carbocycles. The summed E-state index contributed by atoms with van der Waals surface area (Å²) in [6.45, 7) is 4.43. The second-order valence-corrected chi connectivity index (χ2v) is 15.6. The third kappa shape index (κ3) is 13.6. The number of benzene rings is 5. The van der Waals surface area contributed by atoms with Crippen molar-refractivity contribution in [2.45, 2.75) is 94.4 Å². The highest BCUT2D eigenvalue weighted by molar-refractivity contribution is 5.27. The summed E-state index contributed by atoms with van der Waals surface area (Å²) in [7, 11) is 1.61. The second kappa shape index (κ2) is 25.3. The maximum absolute atomic E-state index is 11.1. The molecule has 10 atom stereocenters. The first kappa shape index (κ1) is 47.5. The Morgan fingerprint density at radius 2 is 1.05 bits per heavy atom. The van der Waals surface area contributed by atoms with Crippen molar-refractivity contribution in [3.05, 3.63) is 197 Å². The number of methoxy groups -OCH3 is 1. The molecule has 2 heterocycles. The van der Waals surface area contributed by atoms with Crippen LogP contribution < -0.4 is 4.74 Å². The van der Waals surface area contributed by atoms with Gasteiger partial charge in [-0.1, -0.05) is 145 Å². The number of azide groups is 1. The van der Waals surface area contributed by atoms with Crippen LogP contribution in [0.1, 0.15) is 27.8 Å². The zero-order valence-corrected chi connectivity index (χ0v) is 36.4. The summed E-state index contributed by atoms with van der Waals surface area (Å²) in [6, 6.07) is 45.4. The molecule has 0 radical (unpaired) electrons. The highest BCUT2D eigenvalue weighted by Gasteiger charge is 2.54. The van der Waals surface area contributed by atoms with Crippen molar-refractivity contribution in [3.63, 3.8) is 0 Å². The molecular formula is C51H57N3O11. The molecule has 0 aliphatic carbocycles. The SMILES string of the molecule is C=CCO[C@H]1O[C@H](COCc2ccccc2)[C@@H](O[C@@H]2O[C@H](CO)[C@@H](OCc3ccc(OC)cc3)[C@H](OCc3ccccc3)[C@H]2OCc2ccccc2)[C@H](OCc2ccccc2)[C@H]1N=[N+]=[N-]. The Hall–Kier alpha value is -5.45. The third-order valence-corrected chi connectivity index (χ3v) is 11.1. The van der Waals surface area contributed by atoms with Crippen molar-refractivity contribution < 1.29 is 52.5 Å². The molecule has 0 amide bonds. The molecule has 14 nitrogen and oxygen atoms in total. The van der Waals surface area contributed by atoms with E-state index in [1.165, 1.54) is 0 Å². The lowest BCUT2D eigenvalue weighted by Crippen LogP contribution is -2.66. The molecule has 2 saturated heterocycles. The number of aliphatic hydroxyl groups is 1. The number of ether oxygens (including phenoxy) is 10. The predicted octanol–water partition coefficient (Wildman–Crippen LogP) is 8.26. The van der Waals surface area contributed by atoms with E-state index in [4.69, 9.17) is 47.4 Å². The van der Waals surface area contributed by atoms with E-state index in [1.807, 2.05) is 146 Å². The number of rotatable bonds is 24. The van der Waals surface area contributed by atoms with E-state index in [0.29, 0.717) is 5.75 Å². The Kier molecular flexibility index (Phi) is 18.5. The van der Waals surface area contributed by atoms with E-state index in [0.717, 1.165) is 27.8 Å². The van der Waals surface area contributed by atoms with Crippen LogP contribution in [0.3, 0.4) is 0 Å². The van der Waals surface area contributed by atoms with Gasteiger partial charge in [0.2, 0.25) is 0 Å². The van der Waals surface area contributed by atoms with Gasteiger partial charge in [-0.25, -0.2) is 0 Å². The number of hydrogen-bond acceptors (Lipinski definition) is 12. The molecule has 1 N–H and O–H groups in total. The molecule has 342 valence electrons. The zero-order valence-electron chi connectivity index (χ0n) is 36.4. The summed E-state index contributed by atoms with van der Waals surface area (Å²) in [4.78, 5) is 3.20. The van der Waals surface area contributed by atoms with Crippen LogP contribution in [0, 0.1) is 0 Å². The van der Waals surface area contributed by atoms with Crippen LogP contribution in [-0.2, 0) is 75.7 Å². The van der Waals surface area contributed by atoms with Gasteiger partial charge in [-0.05, 0) is 45.5 Å². The second-order valence-electron chi connectivity index (χ2n) is 15.6. The van der Waals surface area contributed by atoms with Crippen LogP contribution >= 0.6 is 0 Å². The maximum Gasteiger partial charge on any atom is 0.187 e. The van der Waals surface area contributed by atoms with E-state index >= 15 is 0 Å². The van der Waals surface area contributed by atoms with Crippen molar-refractivity contribution in [2.24, 2.45) is 5.11 Å². The Morgan fingerprint density at radius 1 is 0.569 bits per heavy atom. The van der Waals surface area contributed by atoms with E-state index < -0.39 is 68.0 Å². The maximum atomic E-state index is 11.1. The Labute approximate surface area is 380 Å². The highest BCUT2D eigenvalue weighted by Crippen LogP contribution is 2.36. The normalized spacial score (nSPS) is 25.3. The van der Waals surface area contributed by atoms with Crippen molar-refractivity contribution in [2.75, 3.05) is 26.9 Å². The standard InChI is InChI=1S/C51H57N3O11/c1-3-28-58-50-44(53-54-52)47(60-31-37-18-10-5-11-19-37)46(43(64-50)35-57-30-36-16-8-4-9-17-36)65-51-49(62-33-39-22-14-7-15-23-39)48(61-32-38-20-12-6-13-21-38)45(42(29-55)63-51)59-34-40-24-26-41(56-2)27-25-40/h3-27,42-51,55H,1,28-35H2,2H3/t42-,43-,44-,45-,46-,47-,48+,49-,50+,51+/m1/s1. The predicted molar refractivity (Wildman–Crippen MR) is 241 cm³/mol. The van der Waals surface area contributed by atoms with Crippen LogP contribution in [0.25, 0.3) is 10.4 Å². The summed E-state index contributed by atoms with van der Waals surface area (Å²) < 4.78 is 65.4. The minimum absolute atomic E-state index is 0.0227. The Balaban J connectivity index is 1.26. The van der Waals surface area contributed by atoms with E-state index in [1.54, 1.807) is 13.2 Å². The van der Waals surface area contributed by atoms with Crippen molar-refractivity contribution in [1.29, 1.82) is 0 Å². The van der Waals surface area contributed by atoms with Gasteiger partial charge < -0.3 is 52.5 Å². The molecule has 0 spiro atoms. The molecule has 7 rings (SSSR count). The largest absolute Gasteiger partial charge is 0.497 e. The van der Waals surface area contributed by atoms with Crippen LogP contribution in [0.5, 0.6) is 5.75 Å². The molecule has 0 aromatic heterocycles. The molecule has 5 aromatic carbocycles. The third-order valence-electron chi connectivity index (χ3n) is 11.1. The van der Waals surface area contributed by atoms with Crippen LogP contribution in [0.15, 0.2) is 163 Å². The quantitative estimate of drug-likeness (QED) is 0.0275. The number of hydrogen-bond donors (Lipinski definition) is 1. The lowest BCUT2D eigenvalue weighted by molar-refractivity contribution is -0.363. The van der Waals surface area contributed by atoms with Gasteiger partial charge in [-0.3, -0.25) is 0 Å². The minimum atomic E-state index is -1.22. The molecular weight excluding hydrogens is 831 g/mol. The van der Waals surface area contributed by atoms with Gasteiger partial charge in [0, 0.05) is 4.91 Å². The molecule has 0 bridgehead atoms. The van der Waals surface area contributed by atoms with Crippen molar-refractivity contribution >= 4 is 0 Å². The molecule has 2 aliphatic heterocycles. The summed E-state index contributed by atoms with van der Waals surface area (Å²) in [5.74, 6) is 0.712. The fourth-order valence-electron chi connectivity index (χ4n) is 7.80. The van der Waals surface area contributed by atoms with Crippen LogP contribution in [0.4, 0.5) is 0 Å². The first-order valence-corrected chi connectivity index (χ1v) is 21.7. The van der Waals surface area contributed by atoms with Gasteiger partial charge in [-0.15, -0.1) is 6.58 Å². The molecule has 5 aromatic rings. The van der Waals surface area contributed by atoms with Gasteiger partial charge in [0.15, 0.2) is 12.6 Å². The summed E-state index contributed by atoms with van der Waals surface area (Å²) in [6.07, 6.45) is -7.16. The average Bonchev–Trinajstić information content (AvgIpc) is 3.36. The smallest absolute Gasteiger partial charge is 0.187 e. The average molecular weight is 888 g/mol. The summed E-state index contributed by atoms with van der Waals surface area (Å²) in [5.41, 5.74) is 14.5. The first-order chi connectivity index (χ1) is 32.1. The monoisotopic (exact) mass is 887 g/mol. The molecule has 2 aliphatic rings. The van der Waals surface area contributed by atoms with Gasteiger partial charge in [0.05, 0.1) is 60.0 Å². The summed E-state index contributed by atoms with van der Waals surface area (Å²) >= 11 is 0. The molecule has 2 fully saturated rings. The fourth-order valence-corrected chi connectivity index (χ4v) is 7.80. The summed E-state index contributed by atoms with van der Waals surface area (Å²) in [5, 5.41) is 15.3. The molecule has 0 unspecified atom stereocenters. The zero-order chi connectivity index (χ0) is 45.1. The van der Waals surface area contributed by atoms with E-state index in [-0.39, 0.29) is 46.2 Å². The Bertz CT molecular complexity index is 2170. The lowest BCUT2D eigenvalue weighted by Gasteiger charge is -2.49. The van der Waals surface area contributed by atoms with Crippen LogP contribution in [-0.4, -0.2) is 93.4 Å². The number of nitrogens with zero attached hydrogens (tertiary/aromatic N) is 3. The van der Waals surface area contributed by atoms with Gasteiger partial charge >= 0.3 is 0 Å². The topological polar surface area (TPSA) is 161 Å². The molecule has 65 heavy (non-hydrogen) atoms. The van der Waals surface area contributed by atoms with Gasteiger partial charge in [0.25, 0.3) is 0 Å². The number of aliphatic hydroxyl groups excluding tert-OH is 1. The highest BCUT2D eigenvalue weighted by atomic mass is 16.8. The Morgan fingerprint density at radius 3 is 1.55 bits per heavy atom. The lowest BCUT2D eigenvalue weighted by atomic mass is 9.95.